The molecule has 0 aliphatic carbocycles. The van der Waals surface area contributed by atoms with Crippen molar-refractivity contribution in [1.29, 1.82) is 0 Å². The largest absolute Gasteiger partial charge is 0.480 e. The molecule has 0 aromatic carbocycles. The van der Waals surface area contributed by atoms with Crippen LogP contribution in [0, 0.1) is 5.92 Å². The fourth-order valence-electron chi connectivity index (χ4n) is 2.38. The number of aliphatic carboxylic acids is 1. The molecule has 0 bridgehead atoms. The van der Waals surface area contributed by atoms with Crippen LogP contribution in [-0.4, -0.2) is 46.4 Å². The zero-order valence-electron chi connectivity index (χ0n) is 11.7. The van der Waals surface area contributed by atoms with E-state index in [0.717, 1.165) is 12.8 Å². The summed E-state index contributed by atoms with van der Waals surface area (Å²) >= 11 is 0. The van der Waals surface area contributed by atoms with Crippen LogP contribution in [0.1, 0.15) is 40.0 Å². The van der Waals surface area contributed by atoms with Crippen molar-refractivity contribution in [1.82, 2.24) is 10.2 Å². The summed E-state index contributed by atoms with van der Waals surface area (Å²) in [6.45, 7) is 5.84. The molecule has 1 unspecified atom stereocenters. The second-order valence-electron chi connectivity index (χ2n) is 4.99. The first kappa shape index (κ1) is 15.5. The van der Waals surface area contributed by atoms with E-state index >= 15 is 0 Å². The van der Waals surface area contributed by atoms with Crippen molar-refractivity contribution in [2.75, 3.05) is 6.54 Å². The third-order valence-corrected chi connectivity index (χ3v) is 3.64. The quantitative estimate of drug-likeness (QED) is 0.740. The van der Waals surface area contributed by atoms with Crippen LogP contribution in [0.3, 0.4) is 0 Å². The third kappa shape index (κ3) is 3.68. The molecule has 1 aliphatic rings. The Balaban J connectivity index is 2.61. The summed E-state index contributed by atoms with van der Waals surface area (Å²) < 4.78 is 0. The molecular weight excluding hydrogens is 248 g/mol. The lowest BCUT2D eigenvalue weighted by molar-refractivity contribution is -0.141. The van der Waals surface area contributed by atoms with Gasteiger partial charge in [0.1, 0.15) is 6.04 Å². The van der Waals surface area contributed by atoms with Crippen LogP contribution in [0.2, 0.25) is 0 Å². The summed E-state index contributed by atoms with van der Waals surface area (Å²) in [5.74, 6) is -1.88. The number of carboxylic acids is 1. The number of hydrogen-bond donors (Lipinski definition) is 2. The van der Waals surface area contributed by atoms with Crippen LogP contribution in [-0.2, 0) is 14.4 Å². The molecule has 19 heavy (non-hydrogen) atoms. The van der Waals surface area contributed by atoms with Crippen molar-refractivity contribution >= 4 is 17.8 Å². The maximum Gasteiger partial charge on any atom is 0.325 e. The maximum absolute atomic E-state index is 11.9. The van der Waals surface area contributed by atoms with Crippen LogP contribution in [0.4, 0.5) is 0 Å². The van der Waals surface area contributed by atoms with E-state index in [-0.39, 0.29) is 24.3 Å². The van der Waals surface area contributed by atoms with E-state index in [1.165, 1.54) is 6.92 Å². The molecule has 1 heterocycles. The highest BCUT2D eigenvalue weighted by atomic mass is 16.4. The van der Waals surface area contributed by atoms with Crippen molar-refractivity contribution in [3.05, 3.63) is 0 Å². The van der Waals surface area contributed by atoms with Gasteiger partial charge in [0.15, 0.2) is 0 Å². The maximum atomic E-state index is 11.9. The van der Waals surface area contributed by atoms with Crippen LogP contribution in [0.25, 0.3) is 0 Å². The number of hydrogen-bond acceptors (Lipinski definition) is 3. The van der Waals surface area contributed by atoms with E-state index in [1.807, 2.05) is 13.8 Å². The van der Waals surface area contributed by atoms with E-state index in [1.54, 1.807) is 4.90 Å². The van der Waals surface area contributed by atoms with E-state index < -0.39 is 17.9 Å². The topological polar surface area (TPSA) is 86.7 Å². The second kappa shape index (κ2) is 6.54. The number of rotatable bonds is 6. The zero-order chi connectivity index (χ0) is 14.6. The molecule has 2 atom stereocenters. The summed E-state index contributed by atoms with van der Waals surface area (Å²) in [6.07, 6.45) is 1.90. The van der Waals surface area contributed by atoms with Gasteiger partial charge >= 0.3 is 5.97 Å². The average Bonchev–Trinajstić information content (AvgIpc) is 2.73. The number of nitrogens with one attached hydrogen (secondary N) is 1. The zero-order valence-corrected chi connectivity index (χ0v) is 11.7. The van der Waals surface area contributed by atoms with Gasteiger partial charge in [-0.25, -0.2) is 0 Å². The first-order valence-corrected chi connectivity index (χ1v) is 6.73. The Kier molecular flexibility index (Phi) is 5.32. The Morgan fingerprint density at radius 3 is 2.47 bits per heavy atom. The Labute approximate surface area is 113 Å². The van der Waals surface area contributed by atoms with Crippen molar-refractivity contribution in [3.63, 3.8) is 0 Å². The number of carbonyl (C=O) groups is 3. The molecule has 6 heteroatoms. The molecule has 1 aliphatic heterocycles. The molecular formula is C13H22N2O4. The van der Waals surface area contributed by atoms with E-state index in [9.17, 15) is 14.4 Å². The third-order valence-electron chi connectivity index (χ3n) is 3.64. The van der Waals surface area contributed by atoms with Gasteiger partial charge in [0.05, 0.1) is 5.92 Å². The molecule has 0 radical (unpaired) electrons. The summed E-state index contributed by atoms with van der Waals surface area (Å²) in [4.78, 5) is 36.2. The molecule has 0 saturated carbocycles. The van der Waals surface area contributed by atoms with Crippen LogP contribution < -0.4 is 5.32 Å². The van der Waals surface area contributed by atoms with Crippen molar-refractivity contribution < 1.29 is 19.5 Å². The highest BCUT2D eigenvalue weighted by Gasteiger charge is 2.37. The molecule has 1 saturated heterocycles. The van der Waals surface area contributed by atoms with Gasteiger partial charge in [-0.3, -0.25) is 14.4 Å². The van der Waals surface area contributed by atoms with Gasteiger partial charge in [-0.05, 0) is 19.8 Å². The number of amides is 2. The molecule has 1 rings (SSSR count). The molecule has 0 aromatic heterocycles. The Hall–Kier alpha value is -1.59. The van der Waals surface area contributed by atoms with Gasteiger partial charge in [-0.15, -0.1) is 0 Å². The normalized spacial score (nSPS) is 20.7. The molecule has 0 aromatic rings. The number of likely N-dealkylation sites (tertiary alicyclic amines) is 1. The van der Waals surface area contributed by atoms with E-state index in [4.69, 9.17) is 5.11 Å². The minimum absolute atomic E-state index is 0.0168. The average molecular weight is 270 g/mol. The number of carboxylic acid groups (broad SMARTS) is 1. The van der Waals surface area contributed by atoms with Crippen LogP contribution in [0.15, 0.2) is 0 Å². The van der Waals surface area contributed by atoms with Crippen molar-refractivity contribution in [2.45, 2.75) is 52.1 Å². The van der Waals surface area contributed by atoms with Crippen molar-refractivity contribution in [2.24, 2.45) is 5.92 Å². The Bertz CT molecular complexity index is 366. The molecule has 6 nitrogen and oxygen atoms in total. The summed E-state index contributed by atoms with van der Waals surface area (Å²) in [5.41, 5.74) is 0. The molecule has 0 spiro atoms. The predicted octanol–water partition coefficient (Wildman–Crippen LogP) is 0.613. The van der Waals surface area contributed by atoms with Crippen LogP contribution in [0.5, 0.6) is 0 Å². The standard InChI is InChI=1S/C13H22N2O4/c1-4-10(5-2)15-7-9(6-11(15)16)12(17)14-8(3)13(18)19/h8-10H,4-7H2,1-3H3,(H,14,17)(H,18,19)/t8-,9?/m0/s1. The lowest BCUT2D eigenvalue weighted by atomic mass is 10.1. The van der Waals surface area contributed by atoms with Gasteiger partial charge < -0.3 is 15.3 Å². The van der Waals surface area contributed by atoms with Gasteiger partial charge in [0.2, 0.25) is 11.8 Å². The Morgan fingerprint density at radius 2 is 2.00 bits per heavy atom. The van der Waals surface area contributed by atoms with Crippen molar-refractivity contribution in [3.8, 4) is 0 Å². The number of nitrogens with zero attached hydrogens (tertiary/aromatic N) is 1. The minimum atomic E-state index is -1.07. The lowest BCUT2D eigenvalue weighted by Crippen LogP contribution is -2.43. The predicted molar refractivity (Wildman–Crippen MR) is 69.4 cm³/mol. The van der Waals surface area contributed by atoms with E-state index in [2.05, 4.69) is 5.32 Å². The first-order valence-electron chi connectivity index (χ1n) is 6.73. The summed E-state index contributed by atoms with van der Waals surface area (Å²) in [6, 6.07) is -0.757. The summed E-state index contributed by atoms with van der Waals surface area (Å²) in [7, 11) is 0. The van der Waals surface area contributed by atoms with Crippen LogP contribution >= 0.6 is 0 Å². The van der Waals surface area contributed by atoms with E-state index in [0.29, 0.717) is 6.54 Å². The van der Waals surface area contributed by atoms with Gasteiger partial charge in [0.25, 0.3) is 0 Å². The fourth-order valence-corrected chi connectivity index (χ4v) is 2.38. The fraction of sp³-hybridized carbons (Fsp3) is 0.769. The Morgan fingerprint density at radius 1 is 1.42 bits per heavy atom. The lowest BCUT2D eigenvalue weighted by Gasteiger charge is -2.26. The molecule has 2 N–H and O–H groups in total. The smallest absolute Gasteiger partial charge is 0.325 e. The second-order valence-corrected chi connectivity index (χ2v) is 4.99. The minimum Gasteiger partial charge on any atom is -0.480 e. The molecule has 1 fully saturated rings. The van der Waals surface area contributed by atoms with Gasteiger partial charge in [-0.1, -0.05) is 13.8 Å². The SMILES string of the molecule is CCC(CC)N1CC(C(=O)N[C@@H](C)C(=O)O)CC1=O. The molecule has 108 valence electrons. The van der Waals surface area contributed by atoms with Gasteiger partial charge in [-0.2, -0.15) is 0 Å². The molecule has 2 amide bonds. The monoisotopic (exact) mass is 270 g/mol. The highest BCUT2D eigenvalue weighted by Crippen LogP contribution is 2.23. The van der Waals surface area contributed by atoms with Gasteiger partial charge in [0, 0.05) is 19.0 Å². The first-order chi connectivity index (χ1) is 8.90. The highest BCUT2D eigenvalue weighted by molar-refractivity contribution is 5.91. The summed E-state index contributed by atoms with van der Waals surface area (Å²) in [5, 5.41) is 11.2. The number of carbonyl (C=O) groups excluding carboxylic acids is 2.